The summed E-state index contributed by atoms with van der Waals surface area (Å²) in [5.74, 6) is 0.614. The molecule has 3 rings (SSSR count). The Morgan fingerprint density at radius 1 is 1.05 bits per heavy atom. The predicted molar refractivity (Wildman–Crippen MR) is 91.0 cm³/mol. The van der Waals surface area contributed by atoms with Crippen molar-refractivity contribution in [3.63, 3.8) is 0 Å². The highest BCUT2D eigenvalue weighted by molar-refractivity contribution is 9.11. The highest BCUT2D eigenvalue weighted by Gasteiger charge is 2.29. The third-order valence-corrected chi connectivity index (χ3v) is 5.37. The van der Waals surface area contributed by atoms with Gasteiger partial charge >= 0.3 is 0 Å². The van der Waals surface area contributed by atoms with Crippen LogP contribution in [-0.2, 0) is 12.8 Å². The van der Waals surface area contributed by atoms with Crippen LogP contribution in [0.4, 0.5) is 0 Å². The van der Waals surface area contributed by atoms with Crippen molar-refractivity contribution in [2.24, 2.45) is 5.92 Å². The fraction of sp³-hybridized carbons (Fsp3) is 0.294. The lowest BCUT2D eigenvalue weighted by molar-refractivity contribution is 0.396. The summed E-state index contributed by atoms with van der Waals surface area (Å²) in [6.45, 7) is 0. The van der Waals surface area contributed by atoms with Crippen molar-refractivity contribution < 1.29 is 0 Å². The van der Waals surface area contributed by atoms with Gasteiger partial charge in [-0.15, -0.1) is 0 Å². The normalized spacial score (nSPS) is 16.1. The summed E-state index contributed by atoms with van der Waals surface area (Å²) < 4.78 is 2.31. The molecule has 1 atom stereocenters. The van der Waals surface area contributed by atoms with Crippen molar-refractivity contribution in [3.8, 4) is 0 Å². The summed E-state index contributed by atoms with van der Waals surface area (Å²) in [7, 11) is 2.06. The SMILES string of the molecule is CNC(c1cc(Br)ccc1Br)C1Cc2ccccc2C1. The van der Waals surface area contributed by atoms with E-state index >= 15 is 0 Å². The first kappa shape index (κ1) is 14.3. The van der Waals surface area contributed by atoms with E-state index in [2.05, 4.69) is 86.7 Å². The van der Waals surface area contributed by atoms with Crippen molar-refractivity contribution in [2.75, 3.05) is 7.05 Å². The number of rotatable bonds is 3. The Hall–Kier alpha value is -0.640. The Kier molecular flexibility index (Phi) is 4.29. The molecule has 20 heavy (non-hydrogen) atoms. The fourth-order valence-corrected chi connectivity index (χ4v) is 4.10. The molecule has 2 aromatic carbocycles. The largest absolute Gasteiger partial charge is 0.313 e. The molecule has 0 amide bonds. The Bertz CT molecular complexity index is 599. The predicted octanol–water partition coefficient (Wildman–Crippen LogP) is 4.89. The lowest BCUT2D eigenvalue weighted by Crippen LogP contribution is -2.26. The van der Waals surface area contributed by atoms with Gasteiger partial charge in [-0.1, -0.05) is 56.1 Å². The van der Waals surface area contributed by atoms with Crippen LogP contribution in [0.3, 0.4) is 0 Å². The zero-order valence-corrected chi connectivity index (χ0v) is 14.5. The van der Waals surface area contributed by atoms with Gasteiger partial charge in [-0.2, -0.15) is 0 Å². The zero-order chi connectivity index (χ0) is 14.1. The average molecular weight is 395 g/mol. The number of hydrogen-bond acceptors (Lipinski definition) is 1. The maximum Gasteiger partial charge on any atom is 0.0364 e. The Labute approximate surface area is 137 Å². The molecular weight excluding hydrogens is 378 g/mol. The molecule has 0 aromatic heterocycles. The smallest absolute Gasteiger partial charge is 0.0364 e. The van der Waals surface area contributed by atoms with Gasteiger partial charge in [0.2, 0.25) is 0 Å². The average Bonchev–Trinajstić information content (AvgIpc) is 2.87. The third-order valence-electron chi connectivity index (χ3n) is 4.16. The van der Waals surface area contributed by atoms with Crippen molar-refractivity contribution in [2.45, 2.75) is 18.9 Å². The quantitative estimate of drug-likeness (QED) is 0.781. The Balaban J connectivity index is 1.91. The van der Waals surface area contributed by atoms with Crippen LogP contribution >= 0.6 is 31.9 Å². The van der Waals surface area contributed by atoms with Gasteiger partial charge in [-0.25, -0.2) is 0 Å². The van der Waals surface area contributed by atoms with Crippen LogP contribution in [0, 0.1) is 5.92 Å². The first-order chi connectivity index (χ1) is 9.69. The number of halogens is 2. The molecule has 1 aliphatic carbocycles. The minimum Gasteiger partial charge on any atom is -0.313 e. The molecule has 3 heteroatoms. The Morgan fingerprint density at radius 3 is 2.30 bits per heavy atom. The van der Waals surface area contributed by atoms with Crippen molar-refractivity contribution >= 4 is 31.9 Å². The summed E-state index contributed by atoms with van der Waals surface area (Å²) in [6, 6.07) is 15.6. The summed E-state index contributed by atoms with van der Waals surface area (Å²) in [5.41, 5.74) is 4.34. The third kappa shape index (κ3) is 2.72. The van der Waals surface area contributed by atoms with Crippen LogP contribution < -0.4 is 5.32 Å². The second-order valence-electron chi connectivity index (χ2n) is 5.37. The number of fused-ring (bicyclic) bond motifs is 1. The van der Waals surface area contributed by atoms with Crippen LogP contribution in [0.2, 0.25) is 0 Å². The van der Waals surface area contributed by atoms with Gasteiger partial charge in [0.05, 0.1) is 0 Å². The molecule has 104 valence electrons. The van der Waals surface area contributed by atoms with Crippen LogP contribution in [-0.4, -0.2) is 7.05 Å². The summed E-state index contributed by atoms with van der Waals surface area (Å²) in [4.78, 5) is 0. The number of hydrogen-bond donors (Lipinski definition) is 1. The van der Waals surface area contributed by atoms with Gasteiger partial charge in [-0.05, 0) is 60.7 Å². The van der Waals surface area contributed by atoms with Crippen LogP contribution in [0.1, 0.15) is 22.7 Å². The van der Waals surface area contributed by atoms with E-state index in [1.54, 1.807) is 0 Å². The first-order valence-corrected chi connectivity index (χ1v) is 8.46. The maximum absolute atomic E-state index is 3.69. The second kappa shape index (κ2) is 6.00. The molecule has 0 heterocycles. The minimum atomic E-state index is 0.370. The van der Waals surface area contributed by atoms with Crippen molar-refractivity contribution in [1.29, 1.82) is 0 Å². The van der Waals surface area contributed by atoms with Gasteiger partial charge in [0.1, 0.15) is 0 Å². The summed E-state index contributed by atoms with van der Waals surface area (Å²) in [5, 5.41) is 3.51. The fourth-order valence-electron chi connectivity index (χ4n) is 3.23. The van der Waals surface area contributed by atoms with E-state index in [-0.39, 0.29) is 0 Å². The molecule has 1 aliphatic rings. The molecule has 0 fully saturated rings. The molecule has 0 radical (unpaired) electrons. The maximum atomic E-state index is 3.69. The minimum absolute atomic E-state index is 0.370. The number of nitrogens with one attached hydrogen (secondary N) is 1. The molecule has 0 saturated heterocycles. The summed E-state index contributed by atoms with van der Waals surface area (Å²) >= 11 is 7.28. The topological polar surface area (TPSA) is 12.0 Å². The van der Waals surface area contributed by atoms with E-state index in [1.165, 1.54) is 21.2 Å². The number of benzene rings is 2. The highest BCUT2D eigenvalue weighted by Crippen LogP contribution is 2.38. The van der Waals surface area contributed by atoms with Crippen LogP contribution in [0.15, 0.2) is 51.4 Å². The van der Waals surface area contributed by atoms with Crippen molar-refractivity contribution in [3.05, 3.63) is 68.1 Å². The molecule has 0 aliphatic heterocycles. The van der Waals surface area contributed by atoms with E-state index in [9.17, 15) is 0 Å². The van der Waals surface area contributed by atoms with Gasteiger partial charge in [0.15, 0.2) is 0 Å². The highest BCUT2D eigenvalue weighted by atomic mass is 79.9. The Morgan fingerprint density at radius 2 is 1.70 bits per heavy atom. The lowest BCUT2D eigenvalue weighted by atomic mass is 9.91. The van der Waals surface area contributed by atoms with E-state index < -0.39 is 0 Å². The van der Waals surface area contributed by atoms with Crippen LogP contribution in [0.5, 0.6) is 0 Å². The van der Waals surface area contributed by atoms with E-state index in [0.717, 1.165) is 17.3 Å². The molecule has 0 saturated carbocycles. The van der Waals surface area contributed by atoms with Crippen LogP contribution in [0.25, 0.3) is 0 Å². The molecular formula is C17H17Br2N. The molecule has 1 unspecified atom stereocenters. The molecule has 0 spiro atoms. The van der Waals surface area contributed by atoms with Gasteiger partial charge < -0.3 is 5.32 Å². The molecule has 1 N–H and O–H groups in total. The van der Waals surface area contributed by atoms with Gasteiger partial charge in [0.25, 0.3) is 0 Å². The first-order valence-electron chi connectivity index (χ1n) is 6.88. The van der Waals surface area contributed by atoms with E-state index in [4.69, 9.17) is 0 Å². The molecule has 0 bridgehead atoms. The molecule has 2 aromatic rings. The van der Waals surface area contributed by atoms with Gasteiger partial charge in [0, 0.05) is 15.0 Å². The lowest BCUT2D eigenvalue weighted by Gasteiger charge is -2.25. The summed E-state index contributed by atoms with van der Waals surface area (Å²) in [6.07, 6.45) is 2.31. The van der Waals surface area contributed by atoms with E-state index in [0.29, 0.717) is 12.0 Å². The second-order valence-corrected chi connectivity index (χ2v) is 7.14. The van der Waals surface area contributed by atoms with E-state index in [1.807, 2.05) is 0 Å². The molecule has 1 nitrogen and oxygen atoms in total. The van der Waals surface area contributed by atoms with Crippen molar-refractivity contribution in [1.82, 2.24) is 5.32 Å². The standard InChI is InChI=1S/C17H17Br2N/c1-20-17(15-10-14(18)6-7-16(15)19)13-8-11-4-2-3-5-12(11)9-13/h2-7,10,13,17,20H,8-9H2,1H3. The van der Waals surface area contributed by atoms with Gasteiger partial charge in [-0.3, -0.25) is 0 Å². The monoisotopic (exact) mass is 393 g/mol. The zero-order valence-electron chi connectivity index (χ0n) is 11.4.